The quantitative estimate of drug-likeness (QED) is 0.868. The first-order valence-electron chi connectivity index (χ1n) is 9.12. The van der Waals surface area contributed by atoms with Gasteiger partial charge < -0.3 is 15.1 Å². The monoisotopic (exact) mass is 389 g/mol. The van der Waals surface area contributed by atoms with E-state index in [9.17, 15) is 9.59 Å². The summed E-state index contributed by atoms with van der Waals surface area (Å²) in [6, 6.07) is 4.33. The highest BCUT2D eigenvalue weighted by atomic mass is 32.1. The number of rotatable bonds is 4. The lowest BCUT2D eigenvalue weighted by Gasteiger charge is -2.27. The first-order valence-corrected chi connectivity index (χ1v) is 10.9. The molecule has 4 heterocycles. The van der Waals surface area contributed by atoms with Gasteiger partial charge in [-0.15, -0.1) is 11.3 Å². The van der Waals surface area contributed by atoms with Crippen LogP contribution in [0.4, 0.5) is 4.79 Å². The number of hydrogen-bond donors (Lipinski definition) is 1. The summed E-state index contributed by atoms with van der Waals surface area (Å²) in [5.41, 5.74) is 2.49. The number of nitrogens with one attached hydrogen (secondary N) is 1. The Morgan fingerprint density at radius 3 is 3.00 bits per heavy atom. The summed E-state index contributed by atoms with van der Waals surface area (Å²) in [4.78, 5) is 30.2. The third-order valence-corrected chi connectivity index (χ3v) is 6.94. The number of nitrogens with zero attached hydrogens (tertiary/aromatic N) is 2. The molecule has 2 aliphatic heterocycles. The zero-order valence-electron chi connectivity index (χ0n) is 14.6. The van der Waals surface area contributed by atoms with Gasteiger partial charge in [0, 0.05) is 37.5 Å². The Morgan fingerprint density at radius 2 is 2.15 bits per heavy atom. The molecule has 2 aromatic heterocycles. The molecule has 7 heteroatoms. The summed E-state index contributed by atoms with van der Waals surface area (Å²) in [6.07, 6.45) is 3.35. The van der Waals surface area contributed by atoms with Gasteiger partial charge in [0.1, 0.15) is 0 Å². The largest absolute Gasteiger partial charge is 0.338 e. The van der Waals surface area contributed by atoms with Crippen molar-refractivity contribution in [3.8, 4) is 0 Å². The third kappa shape index (κ3) is 3.64. The Labute approximate surface area is 161 Å². The van der Waals surface area contributed by atoms with Crippen LogP contribution >= 0.6 is 22.7 Å². The van der Waals surface area contributed by atoms with Crippen molar-refractivity contribution in [2.24, 2.45) is 0 Å². The summed E-state index contributed by atoms with van der Waals surface area (Å²) in [5, 5.41) is 9.22. The fourth-order valence-electron chi connectivity index (χ4n) is 3.82. The van der Waals surface area contributed by atoms with E-state index in [0.717, 1.165) is 32.4 Å². The van der Waals surface area contributed by atoms with Crippen LogP contribution in [0.3, 0.4) is 0 Å². The van der Waals surface area contributed by atoms with Gasteiger partial charge in [-0.1, -0.05) is 0 Å². The molecule has 1 fully saturated rings. The number of fused-ring (bicyclic) bond motifs is 1. The SMILES string of the molecule is O=C(CCNC(=O)N1CCC[C@H]1c1ccsc1)N1CCc2sccc2C1. The van der Waals surface area contributed by atoms with Gasteiger partial charge in [0.2, 0.25) is 5.91 Å². The highest BCUT2D eigenvalue weighted by Gasteiger charge is 2.30. The van der Waals surface area contributed by atoms with Crippen molar-refractivity contribution in [1.29, 1.82) is 0 Å². The van der Waals surface area contributed by atoms with Crippen molar-refractivity contribution in [1.82, 2.24) is 15.1 Å². The molecule has 0 aliphatic carbocycles. The molecule has 0 bridgehead atoms. The zero-order chi connectivity index (χ0) is 17.9. The van der Waals surface area contributed by atoms with Gasteiger partial charge in [-0.3, -0.25) is 4.79 Å². The normalized spacial score (nSPS) is 19.5. The fourth-order valence-corrected chi connectivity index (χ4v) is 5.42. The predicted molar refractivity (Wildman–Crippen MR) is 104 cm³/mol. The summed E-state index contributed by atoms with van der Waals surface area (Å²) in [6.45, 7) is 2.68. The van der Waals surface area contributed by atoms with E-state index in [1.807, 2.05) is 9.80 Å². The van der Waals surface area contributed by atoms with Gasteiger partial charge >= 0.3 is 6.03 Å². The molecule has 5 nitrogen and oxygen atoms in total. The Kier molecular flexibility index (Phi) is 5.26. The molecule has 4 rings (SSSR count). The van der Waals surface area contributed by atoms with Gasteiger partial charge in [-0.25, -0.2) is 4.79 Å². The number of carbonyl (C=O) groups is 2. The number of hydrogen-bond acceptors (Lipinski definition) is 4. The molecule has 0 aromatic carbocycles. The Hall–Kier alpha value is -1.86. The van der Waals surface area contributed by atoms with Crippen molar-refractivity contribution in [2.45, 2.75) is 38.3 Å². The van der Waals surface area contributed by atoms with E-state index in [-0.39, 0.29) is 18.0 Å². The lowest BCUT2D eigenvalue weighted by Crippen LogP contribution is -2.42. The molecule has 0 unspecified atom stereocenters. The van der Waals surface area contributed by atoms with Gasteiger partial charge in [-0.05, 0) is 58.7 Å². The van der Waals surface area contributed by atoms with E-state index >= 15 is 0 Å². The molecule has 1 atom stereocenters. The van der Waals surface area contributed by atoms with Gasteiger partial charge in [0.05, 0.1) is 6.04 Å². The minimum atomic E-state index is -0.0507. The van der Waals surface area contributed by atoms with E-state index in [4.69, 9.17) is 0 Å². The van der Waals surface area contributed by atoms with Crippen LogP contribution < -0.4 is 5.32 Å². The molecule has 0 saturated carbocycles. The molecule has 2 aromatic rings. The minimum absolute atomic E-state index is 0.0507. The zero-order valence-corrected chi connectivity index (χ0v) is 16.3. The maximum Gasteiger partial charge on any atom is 0.317 e. The van der Waals surface area contributed by atoms with Crippen LogP contribution in [0.2, 0.25) is 0 Å². The second-order valence-corrected chi connectivity index (χ2v) is 8.61. The molecule has 138 valence electrons. The Balaban J connectivity index is 1.25. The number of urea groups is 1. The van der Waals surface area contributed by atoms with Crippen LogP contribution in [-0.4, -0.2) is 41.4 Å². The molecular weight excluding hydrogens is 366 g/mol. The summed E-state index contributed by atoms with van der Waals surface area (Å²) < 4.78 is 0. The van der Waals surface area contributed by atoms with E-state index in [0.29, 0.717) is 19.5 Å². The van der Waals surface area contributed by atoms with Crippen molar-refractivity contribution in [3.63, 3.8) is 0 Å². The van der Waals surface area contributed by atoms with Gasteiger partial charge in [0.15, 0.2) is 0 Å². The summed E-state index contributed by atoms with van der Waals surface area (Å²) in [7, 11) is 0. The van der Waals surface area contributed by atoms with E-state index < -0.39 is 0 Å². The average Bonchev–Trinajstić information content (AvgIpc) is 3.41. The third-order valence-electron chi connectivity index (χ3n) is 5.22. The summed E-state index contributed by atoms with van der Waals surface area (Å²) >= 11 is 3.44. The van der Waals surface area contributed by atoms with Crippen LogP contribution in [0.25, 0.3) is 0 Å². The van der Waals surface area contributed by atoms with Crippen molar-refractivity contribution >= 4 is 34.6 Å². The lowest BCUT2D eigenvalue weighted by atomic mass is 10.1. The summed E-state index contributed by atoms with van der Waals surface area (Å²) in [5.74, 6) is 0.123. The van der Waals surface area contributed by atoms with E-state index in [2.05, 4.69) is 33.6 Å². The first kappa shape index (κ1) is 17.5. The Bertz CT molecular complexity index is 772. The van der Waals surface area contributed by atoms with Crippen molar-refractivity contribution in [2.75, 3.05) is 19.6 Å². The second-order valence-electron chi connectivity index (χ2n) is 6.82. The van der Waals surface area contributed by atoms with Crippen LogP contribution in [0.15, 0.2) is 28.3 Å². The van der Waals surface area contributed by atoms with Crippen LogP contribution in [0.5, 0.6) is 0 Å². The van der Waals surface area contributed by atoms with Crippen molar-refractivity contribution < 1.29 is 9.59 Å². The topological polar surface area (TPSA) is 52.7 Å². The van der Waals surface area contributed by atoms with E-state index in [1.54, 1.807) is 22.7 Å². The molecular formula is C19H23N3O2S2. The molecule has 2 aliphatic rings. The highest BCUT2D eigenvalue weighted by Crippen LogP contribution is 2.32. The lowest BCUT2D eigenvalue weighted by molar-refractivity contribution is -0.131. The smallest absolute Gasteiger partial charge is 0.317 e. The second kappa shape index (κ2) is 7.80. The minimum Gasteiger partial charge on any atom is -0.338 e. The number of thiophene rings is 2. The van der Waals surface area contributed by atoms with Crippen LogP contribution in [-0.2, 0) is 17.8 Å². The molecule has 3 amide bonds. The van der Waals surface area contributed by atoms with Crippen molar-refractivity contribution in [3.05, 3.63) is 44.3 Å². The number of amides is 3. The highest BCUT2D eigenvalue weighted by molar-refractivity contribution is 7.10. The molecule has 1 saturated heterocycles. The first-order chi connectivity index (χ1) is 12.7. The molecule has 26 heavy (non-hydrogen) atoms. The van der Waals surface area contributed by atoms with E-state index in [1.165, 1.54) is 16.0 Å². The molecule has 1 N–H and O–H groups in total. The van der Waals surface area contributed by atoms with Gasteiger partial charge in [0.25, 0.3) is 0 Å². The van der Waals surface area contributed by atoms with Gasteiger partial charge in [-0.2, -0.15) is 11.3 Å². The molecule has 0 spiro atoms. The Morgan fingerprint density at radius 1 is 1.23 bits per heavy atom. The number of likely N-dealkylation sites (tertiary alicyclic amines) is 1. The fraction of sp³-hybridized carbons (Fsp3) is 0.474. The standard InChI is InChI=1S/C19H23N3O2S2/c23-18(21-9-4-17-14(12-21)6-11-26-17)3-7-20-19(24)22-8-1-2-16(22)15-5-10-25-13-15/h5-6,10-11,13,16H,1-4,7-9,12H2,(H,20,24)/t16-/m0/s1. The predicted octanol–water partition coefficient (Wildman–Crippen LogP) is 3.63. The average molecular weight is 390 g/mol. The van der Waals surface area contributed by atoms with Crippen LogP contribution in [0.1, 0.15) is 41.3 Å². The maximum atomic E-state index is 12.5. The number of carbonyl (C=O) groups excluding carboxylic acids is 2. The molecule has 0 radical (unpaired) electrons. The maximum absolute atomic E-state index is 12.5. The van der Waals surface area contributed by atoms with Crippen LogP contribution in [0, 0.1) is 0 Å².